The first kappa shape index (κ1) is 11.7. The predicted molar refractivity (Wildman–Crippen MR) is 64.6 cm³/mol. The molecule has 0 aliphatic rings. The number of para-hydroxylation sites is 1. The van der Waals surface area contributed by atoms with E-state index in [-0.39, 0.29) is 0 Å². The lowest BCUT2D eigenvalue weighted by atomic mass is 10.3. The number of thioether (sulfide) groups is 1. The van der Waals surface area contributed by atoms with Gasteiger partial charge >= 0.3 is 0 Å². The Morgan fingerprint density at radius 2 is 1.93 bits per heavy atom. The van der Waals surface area contributed by atoms with E-state index in [2.05, 4.69) is 0 Å². The molecule has 0 aliphatic heterocycles. The molecule has 0 unspecified atom stereocenters. The van der Waals surface area contributed by atoms with Crippen LogP contribution in [0, 0.1) is 0 Å². The topological polar surface area (TPSA) is 9.23 Å². The first-order valence-corrected chi connectivity index (χ1v) is 6.44. The van der Waals surface area contributed by atoms with E-state index in [1.165, 1.54) is 0 Å². The van der Waals surface area contributed by atoms with Gasteiger partial charge in [0.15, 0.2) is 0 Å². The Hall–Kier alpha value is -0.340. The van der Waals surface area contributed by atoms with E-state index in [1.807, 2.05) is 42.1 Å². The molecule has 3 heteroatoms. The highest BCUT2D eigenvalue weighted by Gasteiger charge is 1.92. The van der Waals surface area contributed by atoms with Gasteiger partial charge in [0.1, 0.15) is 5.75 Å². The number of rotatable bonds is 7. The lowest BCUT2D eigenvalue weighted by Gasteiger charge is -2.04. The van der Waals surface area contributed by atoms with Crippen LogP contribution in [0.5, 0.6) is 5.75 Å². The Bertz CT molecular complexity index is 228. The van der Waals surface area contributed by atoms with Crippen molar-refractivity contribution in [3.8, 4) is 5.75 Å². The molecule has 0 radical (unpaired) electrons. The van der Waals surface area contributed by atoms with Crippen molar-refractivity contribution in [1.82, 2.24) is 0 Å². The van der Waals surface area contributed by atoms with Gasteiger partial charge in [0.25, 0.3) is 0 Å². The normalized spacial score (nSPS) is 10.1. The van der Waals surface area contributed by atoms with Crippen LogP contribution in [0.2, 0.25) is 0 Å². The van der Waals surface area contributed by atoms with Gasteiger partial charge in [-0.15, -0.1) is 11.6 Å². The lowest BCUT2D eigenvalue weighted by Crippen LogP contribution is -2.00. The van der Waals surface area contributed by atoms with Gasteiger partial charge in [-0.2, -0.15) is 11.8 Å². The van der Waals surface area contributed by atoms with E-state index in [9.17, 15) is 0 Å². The molecular formula is C11H15ClOS. The van der Waals surface area contributed by atoms with Crippen molar-refractivity contribution >= 4 is 23.4 Å². The maximum absolute atomic E-state index is 5.57. The van der Waals surface area contributed by atoms with E-state index in [0.29, 0.717) is 0 Å². The minimum Gasteiger partial charge on any atom is -0.493 e. The fourth-order valence-corrected chi connectivity index (χ4v) is 2.04. The molecule has 14 heavy (non-hydrogen) atoms. The first-order chi connectivity index (χ1) is 6.93. The zero-order chi connectivity index (χ0) is 10.1. The summed E-state index contributed by atoms with van der Waals surface area (Å²) in [6.45, 7) is 0.775. The molecule has 0 heterocycles. The molecule has 0 aromatic heterocycles. The van der Waals surface area contributed by atoms with E-state index < -0.39 is 0 Å². The summed E-state index contributed by atoms with van der Waals surface area (Å²) in [5, 5.41) is 0. The van der Waals surface area contributed by atoms with Crippen LogP contribution in [-0.2, 0) is 0 Å². The highest BCUT2D eigenvalue weighted by molar-refractivity contribution is 7.99. The zero-order valence-corrected chi connectivity index (χ0v) is 9.69. The molecule has 78 valence electrons. The van der Waals surface area contributed by atoms with Gasteiger partial charge < -0.3 is 4.74 Å². The Balaban J connectivity index is 1.99. The molecule has 0 saturated heterocycles. The van der Waals surface area contributed by atoms with Gasteiger partial charge in [-0.05, 0) is 24.3 Å². The van der Waals surface area contributed by atoms with Crippen LogP contribution < -0.4 is 4.74 Å². The van der Waals surface area contributed by atoms with E-state index in [4.69, 9.17) is 16.3 Å². The van der Waals surface area contributed by atoms with Crippen LogP contribution in [0.1, 0.15) is 6.42 Å². The molecule has 1 nitrogen and oxygen atoms in total. The number of benzene rings is 1. The average Bonchev–Trinajstić information content (AvgIpc) is 2.25. The summed E-state index contributed by atoms with van der Waals surface area (Å²) in [6, 6.07) is 9.90. The summed E-state index contributed by atoms with van der Waals surface area (Å²) in [4.78, 5) is 0. The van der Waals surface area contributed by atoms with Crippen LogP contribution >= 0.6 is 23.4 Å². The van der Waals surface area contributed by atoms with Gasteiger partial charge in [0.05, 0.1) is 6.61 Å². The summed E-state index contributed by atoms with van der Waals surface area (Å²) < 4.78 is 5.53. The number of halogens is 1. The van der Waals surface area contributed by atoms with Gasteiger partial charge in [-0.1, -0.05) is 18.2 Å². The van der Waals surface area contributed by atoms with Gasteiger partial charge in [-0.25, -0.2) is 0 Å². The molecule has 0 atom stereocenters. The molecule has 0 fully saturated rings. The molecule has 1 aromatic carbocycles. The van der Waals surface area contributed by atoms with Crippen molar-refractivity contribution < 1.29 is 4.74 Å². The Morgan fingerprint density at radius 3 is 2.64 bits per heavy atom. The summed E-state index contributed by atoms with van der Waals surface area (Å²) in [7, 11) is 0. The van der Waals surface area contributed by atoms with Gasteiger partial charge in [0.2, 0.25) is 0 Å². The van der Waals surface area contributed by atoms with Crippen LogP contribution in [0.4, 0.5) is 0 Å². The number of ether oxygens (including phenoxy) is 1. The molecule has 0 N–H and O–H groups in total. The SMILES string of the molecule is ClCCCSCCOc1ccccc1. The van der Waals surface area contributed by atoms with Crippen molar-refractivity contribution in [2.75, 3.05) is 24.0 Å². The van der Waals surface area contributed by atoms with Crippen molar-refractivity contribution in [2.24, 2.45) is 0 Å². The minimum absolute atomic E-state index is 0.756. The van der Waals surface area contributed by atoms with Crippen LogP contribution in [0.3, 0.4) is 0 Å². The summed E-state index contributed by atoms with van der Waals surface area (Å²) in [6.07, 6.45) is 1.08. The first-order valence-electron chi connectivity index (χ1n) is 4.75. The quantitative estimate of drug-likeness (QED) is 0.524. The molecule has 0 aliphatic carbocycles. The van der Waals surface area contributed by atoms with Gasteiger partial charge in [0, 0.05) is 11.6 Å². The standard InChI is InChI=1S/C11H15ClOS/c12-7-4-9-14-10-8-13-11-5-2-1-3-6-11/h1-3,5-6H,4,7-10H2. The fraction of sp³-hybridized carbons (Fsp3) is 0.455. The van der Waals surface area contributed by atoms with E-state index in [1.54, 1.807) is 0 Å². The second-order valence-corrected chi connectivity index (χ2v) is 4.42. The summed E-state index contributed by atoms with van der Waals surface area (Å²) in [5.41, 5.74) is 0. The summed E-state index contributed by atoms with van der Waals surface area (Å²) in [5.74, 6) is 3.87. The third-order valence-electron chi connectivity index (χ3n) is 1.66. The smallest absolute Gasteiger partial charge is 0.119 e. The molecule has 1 aromatic rings. The Labute approximate surface area is 94.8 Å². The zero-order valence-electron chi connectivity index (χ0n) is 8.12. The number of hydrogen-bond acceptors (Lipinski definition) is 2. The third kappa shape index (κ3) is 5.40. The molecule has 0 spiro atoms. The van der Waals surface area contributed by atoms with Crippen molar-refractivity contribution in [3.63, 3.8) is 0 Å². The third-order valence-corrected chi connectivity index (χ3v) is 2.96. The second-order valence-electron chi connectivity index (χ2n) is 2.82. The van der Waals surface area contributed by atoms with Crippen molar-refractivity contribution in [3.05, 3.63) is 30.3 Å². The highest BCUT2D eigenvalue weighted by atomic mass is 35.5. The average molecular weight is 231 g/mol. The number of alkyl halides is 1. The number of hydrogen-bond donors (Lipinski definition) is 0. The maximum atomic E-state index is 5.57. The lowest BCUT2D eigenvalue weighted by molar-refractivity contribution is 0.344. The van der Waals surface area contributed by atoms with Crippen LogP contribution in [-0.4, -0.2) is 24.0 Å². The monoisotopic (exact) mass is 230 g/mol. The van der Waals surface area contributed by atoms with Crippen LogP contribution in [0.25, 0.3) is 0 Å². The molecule has 0 saturated carbocycles. The van der Waals surface area contributed by atoms with Crippen molar-refractivity contribution in [2.45, 2.75) is 6.42 Å². The highest BCUT2D eigenvalue weighted by Crippen LogP contribution is 2.09. The molecule has 0 bridgehead atoms. The molecular weight excluding hydrogens is 216 g/mol. The molecule has 1 rings (SSSR count). The maximum Gasteiger partial charge on any atom is 0.119 e. The van der Waals surface area contributed by atoms with Crippen molar-refractivity contribution in [1.29, 1.82) is 0 Å². The summed E-state index contributed by atoms with van der Waals surface area (Å²) >= 11 is 7.45. The predicted octanol–water partition coefficient (Wildman–Crippen LogP) is 3.43. The molecule has 0 amide bonds. The van der Waals surface area contributed by atoms with E-state index in [0.717, 1.165) is 36.2 Å². The minimum atomic E-state index is 0.756. The Morgan fingerprint density at radius 1 is 1.14 bits per heavy atom. The van der Waals surface area contributed by atoms with Gasteiger partial charge in [-0.3, -0.25) is 0 Å². The van der Waals surface area contributed by atoms with E-state index >= 15 is 0 Å². The second kappa shape index (κ2) is 8.01. The van der Waals surface area contributed by atoms with Crippen LogP contribution in [0.15, 0.2) is 30.3 Å². The Kier molecular flexibility index (Phi) is 6.71. The fourth-order valence-electron chi connectivity index (χ4n) is 0.994. The largest absolute Gasteiger partial charge is 0.493 e.